The van der Waals surface area contributed by atoms with E-state index in [9.17, 15) is 14.4 Å². The molecule has 0 aliphatic rings. The van der Waals surface area contributed by atoms with Crippen LogP contribution in [0.3, 0.4) is 0 Å². The molecule has 0 fully saturated rings. The number of hydrogen-bond acceptors (Lipinski definition) is 4. The molecule has 0 unspecified atom stereocenters. The Morgan fingerprint density at radius 3 is 1.96 bits per heavy atom. The van der Waals surface area contributed by atoms with E-state index in [1.165, 1.54) is 6.92 Å². The lowest BCUT2D eigenvalue weighted by Gasteiger charge is -2.09. The SMILES string of the molecule is CCOc1ccc(NC(=O)C(=O)Nc2cccc(NC(C)=O)c2)cc1. The first-order valence-electron chi connectivity index (χ1n) is 7.71. The minimum Gasteiger partial charge on any atom is -0.494 e. The van der Waals surface area contributed by atoms with Gasteiger partial charge in [-0.15, -0.1) is 0 Å². The van der Waals surface area contributed by atoms with Crippen LogP contribution in [0.15, 0.2) is 48.5 Å². The molecule has 130 valence electrons. The fourth-order valence-electron chi connectivity index (χ4n) is 2.05. The molecule has 0 saturated carbocycles. The van der Waals surface area contributed by atoms with Crippen molar-refractivity contribution in [2.24, 2.45) is 0 Å². The minimum atomic E-state index is -0.811. The molecule has 0 radical (unpaired) electrons. The van der Waals surface area contributed by atoms with Crippen molar-refractivity contribution in [2.45, 2.75) is 13.8 Å². The molecule has 2 aromatic carbocycles. The Balaban J connectivity index is 1.96. The molecule has 0 aliphatic heterocycles. The van der Waals surface area contributed by atoms with Crippen LogP contribution in [0.25, 0.3) is 0 Å². The average molecular weight is 341 g/mol. The molecule has 25 heavy (non-hydrogen) atoms. The second-order valence-corrected chi connectivity index (χ2v) is 5.13. The average Bonchev–Trinajstić information content (AvgIpc) is 2.56. The van der Waals surface area contributed by atoms with Crippen LogP contribution >= 0.6 is 0 Å². The maximum atomic E-state index is 12.0. The number of nitrogens with one attached hydrogen (secondary N) is 3. The standard InChI is InChI=1S/C18H19N3O4/c1-3-25-16-9-7-13(8-10-16)20-17(23)18(24)21-15-6-4-5-14(11-15)19-12(2)22/h4-11H,3H2,1-2H3,(H,19,22)(H,20,23)(H,21,24). The van der Waals surface area contributed by atoms with Crippen LogP contribution in [0, 0.1) is 0 Å². The van der Waals surface area contributed by atoms with Crippen molar-refractivity contribution in [1.82, 2.24) is 0 Å². The Hall–Kier alpha value is -3.35. The molecule has 2 aromatic rings. The smallest absolute Gasteiger partial charge is 0.314 e. The van der Waals surface area contributed by atoms with E-state index in [1.54, 1.807) is 48.5 Å². The van der Waals surface area contributed by atoms with Crippen LogP contribution < -0.4 is 20.7 Å². The van der Waals surface area contributed by atoms with Gasteiger partial charge in [0.25, 0.3) is 0 Å². The zero-order chi connectivity index (χ0) is 18.2. The van der Waals surface area contributed by atoms with E-state index >= 15 is 0 Å². The summed E-state index contributed by atoms with van der Waals surface area (Å²) in [7, 11) is 0. The Bertz CT molecular complexity index is 772. The molecule has 0 heterocycles. The van der Waals surface area contributed by atoms with E-state index in [2.05, 4.69) is 16.0 Å². The molecule has 2 rings (SSSR count). The summed E-state index contributed by atoms with van der Waals surface area (Å²) in [5, 5.41) is 7.58. The minimum absolute atomic E-state index is 0.225. The molecule has 0 atom stereocenters. The summed E-state index contributed by atoms with van der Waals surface area (Å²) in [5.74, 6) is -1.15. The molecule has 7 nitrogen and oxygen atoms in total. The number of carbonyl (C=O) groups is 3. The molecule has 0 aromatic heterocycles. The summed E-state index contributed by atoms with van der Waals surface area (Å²) in [5.41, 5.74) is 1.41. The Kier molecular flexibility index (Phi) is 6.11. The highest BCUT2D eigenvalue weighted by Gasteiger charge is 2.14. The number of hydrogen-bond donors (Lipinski definition) is 3. The quantitative estimate of drug-likeness (QED) is 0.728. The van der Waals surface area contributed by atoms with Crippen molar-refractivity contribution in [1.29, 1.82) is 0 Å². The van der Waals surface area contributed by atoms with E-state index in [0.29, 0.717) is 29.4 Å². The summed E-state index contributed by atoms with van der Waals surface area (Å²) >= 11 is 0. The molecule has 0 aliphatic carbocycles. The lowest BCUT2D eigenvalue weighted by atomic mass is 10.2. The second kappa shape index (κ2) is 8.49. The summed E-state index contributed by atoms with van der Waals surface area (Å²) in [6.07, 6.45) is 0. The first-order valence-corrected chi connectivity index (χ1v) is 7.71. The lowest BCUT2D eigenvalue weighted by molar-refractivity contribution is -0.132. The number of anilines is 3. The Morgan fingerprint density at radius 2 is 1.40 bits per heavy atom. The Labute approximate surface area is 145 Å². The van der Waals surface area contributed by atoms with E-state index in [4.69, 9.17) is 4.74 Å². The topological polar surface area (TPSA) is 96.5 Å². The number of ether oxygens (including phenoxy) is 1. The van der Waals surface area contributed by atoms with Crippen LogP contribution in [-0.4, -0.2) is 24.3 Å². The number of amides is 3. The van der Waals surface area contributed by atoms with Crippen molar-refractivity contribution in [3.05, 3.63) is 48.5 Å². The largest absolute Gasteiger partial charge is 0.494 e. The molecule has 0 saturated heterocycles. The van der Waals surface area contributed by atoms with Gasteiger partial charge >= 0.3 is 11.8 Å². The van der Waals surface area contributed by atoms with Gasteiger partial charge in [0.1, 0.15) is 5.75 Å². The van der Waals surface area contributed by atoms with Gasteiger partial charge in [-0.25, -0.2) is 0 Å². The fourth-order valence-corrected chi connectivity index (χ4v) is 2.05. The van der Waals surface area contributed by atoms with E-state index in [-0.39, 0.29) is 5.91 Å². The number of rotatable bonds is 5. The van der Waals surface area contributed by atoms with Crippen molar-refractivity contribution >= 4 is 34.8 Å². The zero-order valence-corrected chi connectivity index (χ0v) is 14.0. The van der Waals surface area contributed by atoms with Gasteiger partial charge in [0, 0.05) is 24.0 Å². The molecular weight excluding hydrogens is 322 g/mol. The van der Waals surface area contributed by atoms with Crippen LogP contribution in [0.1, 0.15) is 13.8 Å². The van der Waals surface area contributed by atoms with E-state index < -0.39 is 11.8 Å². The van der Waals surface area contributed by atoms with Gasteiger partial charge in [0.15, 0.2) is 0 Å². The monoisotopic (exact) mass is 341 g/mol. The van der Waals surface area contributed by atoms with Crippen LogP contribution in [0.5, 0.6) is 5.75 Å². The van der Waals surface area contributed by atoms with Gasteiger partial charge in [-0.05, 0) is 49.4 Å². The first kappa shape index (κ1) is 18.0. The third-order valence-corrected chi connectivity index (χ3v) is 3.07. The van der Waals surface area contributed by atoms with Crippen molar-refractivity contribution in [3.63, 3.8) is 0 Å². The summed E-state index contributed by atoms with van der Waals surface area (Å²) in [6, 6.07) is 13.2. The highest BCUT2D eigenvalue weighted by Crippen LogP contribution is 2.17. The van der Waals surface area contributed by atoms with Gasteiger partial charge in [0.2, 0.25) is 5.91 Å². The van der Waals surface area contributed by atoms with E-state index in [1.807, 2.05) is 6.92 Å². The zero-order valence-electron chi connectivity index (χ0n) is 14.0. The summed E-state index contributed by atoms with van der Waals surface area (Å²) in [4.78, 5) is 35.0. The third kappa shape index (κ3) is 5.65. The number of benzene rings is 2. The van der Waals surface area contributed by atoms with Crippen LogP contribution in [-0.2, 0) is 14.4 Å². The first-order chi connectivity index (χ1) is 12.0. The van der Waals surface area contributed by atoms with Gasteiger partial charge in [-0.1, -0.05) is 6.07 Å². The molecule has 3 N–H and O–H groups in total. The lowest BCUT2D eigenvalue weighted by Crippen LogP contribution is -2.29. The maximum Gasteiger partial charge on any atom is 0.314 e. The van der Waals surface area contributed by atoms with Crippen molar-refractivity contribution < 1.29 is 19.1 Å². The normalized spacial score (nSPS) is 9.84. The van der Waals surface area contributed by atoms with Crippen molar-refractivity contribution in [2.75, 3.05) is 22.6 Å². The second-order valence-electron chi connectivity index (χ2n) is 5.13. The summed E-state index contributed by atoms with van der Waals surface area (Å²) < 4.78 is 5.31. The highest BCUT2D eigenvalue weighted by molar-refractivity contribution is 6.43. The van der Waals surface area contributed by atoms with Crippen molar-refractivity contribution in [3.8, 4) is 5.75 Å². The molecule has 0 bridgehead atoms. The molecule has 7 heteroatoms. The Morgan fingerprint density at radius 1 is 0.840 bits per heavy atom. The third-order valence-electron chi connectivity index (χ3n) is 3.07. The highest BCUT2D eigenvalue weighted by atomic mass is 16.5. The molecule has 3 amide bonds. The maximum absolute atomic E-state index is 12.0. The number of carbonyl (C=O) groups excluding carboxylic acids is 3. The predicted molar refractivity (Wildman–Crippen MR) is 95.6 cm³/mol. The summed E-state index contributed by atoms with van der Waals surface area (Å²) in [6.45, 7) is 3.81. The fraction of sp³-hybridized carbons (Fsp3) is 0.167. The molecular formula is C18H19N3O4. The molecule has 0 spiro atoms. The van der Waals surface area contributed by atoms with Gasteiger partial charge in [-0.2, -0.15) is 0 Å². The van der Waals surface area contributed by atoms with E-state index in [0.717, 1.165) is 0 Å². The van der Waals surface area contributed by atoms with Gasteiger partial charge < -0.3 is 20.7 Å². The predicted octanol–water partition coefficient (Wildman–Crippen LogP) is 2.62. The van der Waals surface area contributed by atoms with Gasteiger partial charge in [0.05, 0.1) is 6.61 Å². The van der Waals surface area contributed by atoms with Crippen LogP contribution in [0.4, 0.5) is 17.1 Å². The van der Waals surface area contributed by atoms with Gasteiger partial charge in [-0.3, -0.25) is 14.4 Å². The van der Waals surface area contributed by atoms with Crippen LogP contribution in [0.2, 0.25) is 0 Å².